The van der Waals surface area contributed by atoms with Gasteiger partial charge in [0.05, 0.1) is 12.0 Å². The van der Waals surface area contributed by atoms with E-state index in [-0.39, 0.29) is 0 Å². The number of fused-ring (bicyclic) bond motifs is 1. The van der Waals surface area contributed by atoms with Crippen LogP contribution in [0.25, 0.3) is 17.4 Å². The normalized spacial score (nSPS) is 11.5. The molecule has 0 spiro atoms. The number of aromatic nitrogens is 6. The third-order valence-electron chi connectivity index (χ3n) is 4.34. The fourth-order valence-electron chi connectivity index (χ4n) is 2.91. The highest BCUT2D eigenvalue weighted by molar-refractivity contribution is 7.98. The fourth-order valence-corrected chi connectivity index (χ4v) is 3.57. The van der Waals surface area contributed by atoms with E-state index >= 15 is 0 Å². The Morgan fingerprint density at radius 3 is 2.85 bits per heavy atom. The van der Waals surface area contributed by atoms with Gasteiger partial charge in [0.1, 0.15) is 0 Å². The third kappa shape index (κ3) is 3.59. The lowest BCUT2D eigenvalue weighted by Gasteiger charge is -2.09. The second kappa shape index (κ2) is 7.51. The van der Waals surface area contributed by atoms with Crippen LogP contribution in [0.3, 0.4) is 0 Å². The molecule has 0 atom stereocenters. The van der Waals surface area contributed by atoms with Gasteiger partial charge in [0, 0.05) is 11.4 Å². The Balaban J connectivity index is 1.52. The molecule has 140 valence electrons. The number of furan rings is 1. The van der Waals surface area contributed by atoms with Gasteiger partial charge in [0.25, 0.3) is 11.7 Å². The van der Waals surface area contributed by atoms with E-state index in [0.717, 1.165) is 30.7 Å². The highest BCUT2D eigenvalue weighted by atomic mass is 32.2. The summed E-state index contributed by atoms with van der Waals surface area (Å²) < 4.78 is 12.3. The van der Waals surface area contributed by atoms with Crippen molar-refractivity contribution in [1.82, 2.24) is 29.7 Å². The lowest BCUT2D eigenvalue weighted by atomic mass is 10.1. The lowest BCUT2D eigenvalue weighted by Crippen LogP contribution is -2.05. The summed E-state index contributed by atoms with van der Waals surface area (Å²) in [5, 5.41) is 9.21. The molecule has 0 N–H and O–H groups in total. The van der Waals surface area contributed by atoms with Gasteiger partial charge in [-0.2, -0.15) is 9.97 Å². The summed E-state index contributed by atoms with van der Waals surface area (Å²) in [5.41, 5.74) is 3.38. The summed E-state index contributed by atoms with van der Waals surface area (Å²) >= 11 is 1.45. The smallest absolute Gasteiger partial charge is 0.293 e. The third-order valence-corrected chi connectivity index (χ3v) is 5.17. The van der Waals surface area contributed by atoms with Crippen molar-refractivity contribution in [1.29, 1.82) is 0 Å². The van der Waals surface area contributed by atoms with Crippen LogP contribution in [-0.4, -0.2) is 29.7 Å². The van der Waals surface area contributed by atoms with E-state index in [4.69, 9.17) is 8.94 Å². The van der Waals surface area contributed by atoms with Crippen LogP contribution in [0.2, 0.25) is 0 Å². The first-order valence-electron chi connectivity index (χ1n) is 8.87. The molecule has 4 aromatic rings. The lowest BCUT2D eigenvalue weighted by molar-refractivity contribution is 0.411. The van der Waals surface area contributed by atoms with Gasteiger partial charge in [-0.15, -0.1) is 5.10 Å². The summed E-state index contributed by atoms with van der Waals surface area (Å²) in [6.45, 7) is 6.30. The van der Waals surface area contributed by atoms with Gasteiger partial charge in [-0.25, -0.2) is 9.50 Å². The number of nitrogens with zero attached hydrogens (tertiary/aromatic N) is 6. The summed E-state index contributed by atoms with van der Waals surface area (Å²) in [4.78, 5) is 13.5. The molecule has 0 saturated heterocycles. The van der Waals surface area contributed by atoms with Gasteiger partial charge in [-0.3, -0.25) is 0 Å². The zero-order valence-corrected chi connectivity index (χ0v) is 16.3. The van der Waals surface area contributed by atoms with Crippen molar-refractivity contribution in [3.8, 4) is 11.7 Å². The Hall–Kier alpha value is -2.68. The quantitative estimate of drug-likeness (QED) is 0.441. The van der Waals surface area contributed by atoms with Crippen molar-refractivity contribution in [2.75, 3.05) is 0 Å². The van der Waals surface area contributed by atoms with E-state index in [9.17, 15) is 0 Å². The van der Waals surface area contributed by atoms with Crippen molar-refractivity contribution < 1.29 is 8.94 Å². The SMILES string of the molecule is CCCCc1c(C)nc2nc(SCc3noc(-c4ccco4)n3)nn2c1C. The van der Waals surface area contributed by atoms with Gasteiger partial charge in [-0.05, 0) is 44.4 Å². The Morgan fingerprint density at radius 1 is 1.19 bits per heavy atom. The molecule has 9 heteroatoms. The molecule has 0 amide bonds. The number of thioether (sulfide) groups is 1. The van der Waals surface area contributed by atoms with Crippen LogP contribution in [0, 0.1) is 13.8 Å². The summed E-state index contributed by atoms with van der Waals surface area (Å²) in [7, 11) is 0. The van der Waals surface area contributed by atoms with E-state index in [1.807, 2.05) is 11.4 Å². The molecule has 27 heavy (non-hydrogen) atoms. The van der Waals surface area contributed by atoms with Crippen molar-refractivity contribution in [3.63, 3.8) is 0 Å². The van der Waals surface area contributed by atoms with E-state index in [2.05, 4.69) is 39.1 Å². The molecule has 0 bridgehead atoms. The van der Waals surface area contributed by atoms with Gasteiger partial charge < -0.3 is 8.94 Å². The Labute approximate surface area is 160 Å². The molecular formula is C18H20N6O2S. The van der Waals surface area contributed by atoms with E-state index in [0.29, 0.717) is 34.2 Å². The van der Waals surface area contributed by atoms with Gasteiger partial charge >= 0.3 is 0 Å². The molecule has 0 aliphatic rings. The number of hydrogen-bond acceptors (Lipinski definition) is 8. The number of rotatable bonds is 7. The molecule has 0 aliphatic heterocycles. The Bertz CT molecular complexity index is 1050. The number of hydrogen-bond donors (Lipinski definition) is 0. The van der Waals surface area contributed by atoms with Crippen molar-refractivity contribution in [3.05, 3.63) is 41.2 Å². The highest BCUT2D eigenvalue weighted by Crippen LogP contribution is 2.23. The molecule has 0 aromatic carbocycles. The van der Waals surface area contributed by atoms with Gasteiger partial charge in [-0.1, -0.05) is 30.3 Å². The molecule has 0 fully saturated rings. The molecule has 8 nitrogen and oxygen atoms in total. The zero-order valence-electron chi connectivity index (χ0n) is 15.5. The molecule has 4 rings (SSSR count). The predicted octanol–water partition coefficient (Wildman–Crippen LogP) is 4.02. The van der Waals surface area contributed by atoms with Gasteiger partial charge in [0.2, 0.25) is 5.16 Å². The first-order chi connectivity index (χ1) is 13.2. The summed E-state index contributed by atoms with van der Waals surface area (Å²) in [6, 6.07) is 3.56. The topological polar surface area (TPSA) is 95.1 Å². The monoisotopic (exact) mass is 384 g/mol. The van der Waals surface area contributed by atoms with Crippen molar-refractivity contribution in [2.45, 2.75) is 50.9 Å². The summed E-state index contributed by atoms with van der Waals surface area (Å²) in [5.74, 6) is 2.61. The average Bonchev–Trinajstić information content (AvgIpc) is 3.39. The summed E-state index contributed by atoms with van der Waals surface area (Å²) in [6.07, 6.45) is 4.87. The minimum Gasteiger partial charge on any atom is -0.459 e. The molecule has 0 unspecified atom stereocenters. The van der Waals surface area contributed by atoms with E-state index in [1.54, 1.807) is 18.4 Å². The largest absolute Gasteiger partial charge is 0.459 e. The van der Waals surface area contributed by atoms with Crippen LogP contribution in [0.4, 0.5) is 0 Å². The molecule has 4 aromatic heterocycles. The molecule has 0 radical (unpaired) electrons. The fraction of sp³-hybridized carbons (Fsp3) is 0.389. The first-order valence-corrected chi connectivity index (χ1v) is 9.86. The standard InChI is InChI=1S/C18H20N6O2S/c1-4-5-7-13-11(2)19-17-21-18(22-24(17)12(13)3)27-10-15-20-16(26-23-15)14-8-6-9-25-14/h6,8-9H,4-5,7,10H2,1-3H3. The molecule has 4 heterocycles. The number of unbranched alkanes of at least 4 members (excludes halogenated alkanes) is 1. The van der Waals surface area contributed by atoms with Crippen LogP contribution >= 0.6 is 11.8 Å². The Morgan fingerprint density at radius 2 is 2.07 bits per heavy atom. The van der Waals surface area contributed by atoms with Crippen LogP contribution < -0.4 is 0 Å². The predicted molar refractivity (Wildman–Crippen MR) is 100 cm³/mol. The number of aryl methyl sites for hydroxylation is 2. The van der Waals surface area contributed by atoms with Crippen molar-refractivity contribution >= 4 is 17.5 Å². The molecule has 0 aliphatic carbocycles. The van der Waals surface area contributed by atoms with Crippen molar-refractivity contribution in [2.24, 2.45) is 0 Å². The van der Waals surface area contributed by atoms with Gasteiger partial charge in [0.15, 0.2) is 11.6 Å². The second-order valence-corrected chi connectivity index (χ2v) is 7.20. The zero-order chi connectivity index (χ0) is 18.8. The van der Waals surface area contributed by atoms with Crippen LogP contribution in [0.15, 0.2) is 32.5 Å². The van der Waals surface area contributed by atoms with Crippen LogP contribution in [0.5, 0.6) is 0 Å². The second-order valence-electron chi connectivity index (χ2n) is 6.25. The minimum atomic E-state index is 0.368. The van der Waals surface area contributed by atoms with E-state index < -0.39 is 0 Å². The maximum Gasteiger partial charge on any atom is 0.293 e. The maximum absolute atomic E-state index is 5.26. The maximum atomic E-state index is 5.26. The van der Waals surface area contributed by atoms with Crippen LogP contribution in [-0.2, 0) is 12.2 Å². The van der Waals surface area contributed by atoms with Crippen LogP contribution in [0.1, 0.15) is 42.5 Å². The Kier molecular flexibility index (Phi) is 4.93. The van der Waals surface area contributed by atoms with E-state index in [1.165, 1.54) is 17.3 Å². The molecular weight excluding hydrogens is 364 g/mol. The molecule has 0 saturated carbocycles. The average molecular weight is 384 g/mol. The first kappa shape index (κ1) is 17.7. The highest BCUT2D eigenvalue weighted by Gasteiger charge is 2.15. The minimum absolute atomic E-state index is 0.368.